The van der Waals surface area contributed by atoms with Crippen molar-refractivity contribution in [3.8, 4) is 0 Å². The van der Waals surface area contributed by atoms with Crippen molar-refractivity contribution in [3.63, 3.8) is 0 Å². The fraction of sp³-hybridized carbons (Fsp3) is 1.00. The van der Waals surface area contributed by atoms with Crippen LogP contribution in [0.4, 0.5) is 0 Å². The summed E-state index contributed by atoms with van der Waals surface area (Å²) in [5.41, 5.74) is 0. The van der Waals surface area contributed by atoms with Crippen molar-refractivity contribution >= 4 is 11.8 Å². The Bertz CT molecular complexity index is 125. The lowest BCUT2D eigenvalue weighted by Gasteiger charge is -2.24. The second-order valence-corrected chi connectivity index (χ2v) is 4.50. The van der Waals surface area contributed by atoms with E-state index in [4.69, 9.17) is 4.74 Å². The molecule has 0 aromatic rings. The molecule has 0 aliphatic carbocycles. The molecule has 0 radical (unpaired) electrons. The highest BCUT2D eigenvalue weighted by molar-refractivity contribution is 7.98. The Morgan fingerprint density at radius 3 is 2.79 bits per heavy atom. The van der Waals surface area contributed by atoms with Crippen LogP contribution in [-0.4, -0.2) is 63.3 Å². The summed E-state index contributed by atoms with van der Waals surface area (Å²) in [6.45, 7) is 6.18. The SMILES string of the molecule is COCCNCC(C)N(C)CCSC. The van der Waals surface area contributed by atoms with Crippen molar-refractivity contribution in [1.29, 1.82) is 0 Å². The molecular weight excluding hydrogens is 196 g/mol. The molecule has 3 nitrogen and oxygen atoms in total. The average Bonchev–Trinajstić information content (AvgIpc) is 2.20. The molecule has 0 aliphatic rings. The Morgan fingerprint density at radius 1 is 1.50 bits per heavy atom. The molecule has 0 bridgehead atoms. The number of methoxy groups -OCH3 is 1. The van der Waals surface area contributed by atoms with Gasteiger partial charge in [-0.1, -0.05) is 0 Å². The highest BCUT2D eigenvalue weighted by Crippen LogP contribution is 1.97. The summed E-state index contributed by atoms with van der Waals surface area (Å²) in [7, 11) is 3.91. The van der Waals surface area contributed by atoms with Gasteiger partial charge in [0.2, 0.25) is 0 Å². The molecule has 4 heteroatoms. The fourth-order valence-corrected chi connectivity index (χ4v) is 1.57. The molecule has 14 heavy (non-hydrogen) atoms. The molecule has 0 aromatic carbocycles. The summed E-state index contributed by atoms with van der Waals surface area (Å²) in [5, 5.41) is 3.37. The van der Waals surface area contributed by atoms with E-state index in [1.54, 1.807) is 7.11 Å². The van der Waals surface area contributed by atoms with Crippen molar-refractivity contribution < 1.29 is 4.74 Å². The lowest BCUT2D eigenvalue weighted by atomic mass is 10.3. The number of thioether (sulfide) groups is 1. The number of nitrogens with zero attached hydrogens (tertiary/aromatic N) is 1. The van der Waals surface area contributed by atoms with E-state index in [1.807, 2.05) is 11.8 Å². The molecule has 0 rings (SSSR count). The number of hydrogen-bond acceptors (Lipinski definition) is 4. The topological polar surface area (TPSA) is 24.5 Å². The summed E-state index contributed by atoms with van der Waals surface area (Å²) in [5.74, 6) is 1.21. The highest BCUT2D eigenvalue weighted by Gasteiger charge is 2.07. The zero-order valence-electron chi connectivity index (χ0n) is 9.88. The largest absolute Gasteiger partial charge is 0.383 e. The van der Waals surface area contributed by atoms with E-state index in [0.29, 0.717) is 6.04 Å². The maximum atomic E-state index is 4.97. The third-order valence-corrected chi connectivity index (χ3v) is 2.91. The van der Waals surface area contributed by atoms with Crippen LogP contribution in [0.1, 0.15) is 6.92 Å². The van der Waals surface area contributed by atoms with Gasteiger partial charge in [-0.15, -0.1) is 0 Å². The lowest BCUT2D eigenvalue weighted by molar-refractivity contribution is 0.193. The fourth-order valence-electron chi connectivity index (χ4n) is 1.10. The van der Waals surface area contributed by atoms with Gasteiger partial charge in [-0.3, -0.25) is 0 Å². The molecule has 0 amide bonds. The van der Waals surface area contributed by atoms with Gasteiger partial charge in [0.1, 0.15) is 0 Å². The molecule has 0 fully saturated rings. The quantitative estimate of drug-likeness (QED) is 0.584. The van der Waals surface area contributed by atoms with E-state index < -0.39 is 0 Å². The average molecular weight is 220 g/mol. The molecular formula is C10H24N2OS. The van der Waals surface area contributed by atoms with Crippen molar-refractivity contribution in [1.82, 2.24) is 10.2 Å². The number of hydrogen-bond donors (Lipinski definition) is 1. The van der Waals surface area contributed by atoms with Crippen LogP contribution < -0.4 is 5.32 Å². The summed E-state index contributed by atoms with van der Waals surface area (Å²) < 4.78 is 4.97. The van der Waals surface area contributed by atoms with Crippen LogP contribution in [-0.2, 0) is 4.74 Å². The molecule has 0 spiro atoms. The minimum absolute atomic E-state index is 0.596. The van der Waals surface area contributed by atoms with Gasteiger partial charge in [0.15, 0.2) is 0 Å². The van der Waals surface area contributed by atoms with E-state index in [2.05, 4.69) is 30.4 Å². The summed E-state index contributed by atoms with van der Waals surface area (Å²) >= 11 is 1.90. The van der Waals surface area contributed by atoms with Crippen LogP contribution in [0.25, 0.3) is 0 Å². The van der Waals surface area contributed by atoms with Crippen LogP contribution in [0.2, 0.25) is 0 Å². The molecule has 0 aliphatic heterocycles. The minimum atomic E-state index is 0.596. The first kappa shape index (κ1) is 14.2. The lowest BCUT2D eigenvalue weighted by Crippen LogP contribution is -2.39. The molecule has 0 heterocycles. The van der Waals surface area contributed by atoms with E-state index in [9.17, 15) is 0 Å². The van der Waals surface area contributed by atoms with Crippen molar-refractivity contribution in [3.05, 3.63) is 0 Å². The van der Waals surface area contributed by atoms with Gasteiger partial charge >= 0.3 is 0 Å². The van der Waals surface area contributed by atoms with Gasteiger partial charge in [-0.05, 0) is 20.2 Å². The number of rotatable bonds is 9. The molecule has 1 atom stereocenters. The van der Waals surface area contributed by atoms with Gasteiger partial charge in [0.25, 0.3) is 0 Å². The zero-order valence-corrected chi connectivity index (χ0v) is 10.7. The molecule has 86 valence electrons. The molecule has 0 saturated heterocycles. The predicted molar refractivity (Wildman–Crippen MR) is 65.2 cm³/mol. The van der Waals surface area contributed by atoms with Gasteiger partial charge in [0.05, 0.1) is 6.61 Å². The molecule has 0 saturated carbocycles. The molecule has 0 aromatic heterocycles. The first-order valence-corrected chi connectivity index (χ1v) is 6.50. The standard InChI is InChI=1S/C10H24N2OS/c1-10(9-11-5-7-13-3)12(2)6-8-14-4/h10-11H,5-9H2,1-4H3. The Kier molecular flexibility index (Phi) is 9.93. The van der Waals surface area contributed by atoms with Gasteiger partial charge < -0.3 is 15.0 Å². The van der Waals surface area contributed by atoms with Gasteiger partial charge in [-0.25, -0.2) is 0 Å². The minimum Gasteiger partial charge on any atom is -0.383 e. The second kappa shape index (κ2) is 9.77. The van der Waals surface area contributed by atoms with Crippen LogP contribution in [0, 0.1) is 0 Å². The van der Waals surface area contributed by atoms with E-state index in [1.165, 1.54) is 5.75 Å². The van der Waals surface area contributed by atoms with E-state index in [0.717, 1.165) is 26.2 Å². The summed E-state index contributed by atoms with van der Waals surface area (Å²) in [4.78, 5) is 2.39. The molecule has 1 N–H and O–H groups in total. The maximum absolute atomic E-state index is 4.97. The molecule has 1 unspecified atom stereocenters. The second-order valence-electron chi connectivity index (χ2n) is 3.52. The Labute approximate surface area is 92.6 Å². The highest BCUT2D eigenvalue weighted by atomic mass is 32.2. The monoisotopic (exact) mass is 220 g/mol. The van der Waals surface area contributed by atoms with Crippen molar-refractivity contribution in [2.45, 2.75) is 13.0 Å². The smallest absolute Gasteiger partial charge is 0.0587 e. The van der Waals surface area contributed by atoms with Crippen molar-refractivity contribution in [2.75, 3.05) is 52.4 Å². The third kappa shape index (κ3) is 7.62. The van der Waals surface area contributed by atoms with E-state index >= 15 is 0 Å². The van der Waals surface area contributed by atoms with Crippen LogP contribution in [0.5, 0.6) is 0 Å². The number of likely N-dealkylation sites (N-methyl/N-ethyl adjacent to an activating group) is 1. The van der Waals surface area contributed by atoms with Gasteiger partial charge in [-0.2, -0.15) is 11.8 Å². The Hall–Kier alpha value is 0.230. The normalized spacial score (nSPS) is 13.5. The van der Waals surface area contributed by atoms with Gasteiger partial charge in [0, 0.05) is 38.5 Å². The van der Waals surface area contributed by atoms with Crippen molar-refractivity contribution in [2.24, 2.45) is 0 Å². The first-order valence-electron chi connectivity index (χ1n) is 5.11. The van der Waals surface area contributed by atoms with Crippen LogP contribution in [0.15, 0.2) is 0 Å². The maximum Gasteiger partial charge on any atom is 0.0587 e. The van der Waals surface area contributed by atoms with E-state index in [-0.39, 0.29) is 0 Å². The third-order valence-electron chi connectivity index (χ3n) is 2.32. The number of nitrogens with one attached hydrogen (secondary N) is 1. The predicted octanol–water partition coefficient (Wildman–Crippen LogP) is 0.906. The summed E-state index contributed by atoms with van der Waals surface area (Å²) in [6.07, 6.45) is 2.15. The summed E-state index contributed by atoms with van der Waals surface area (Å²) in [6, 6.07) is 0.596. The Balaban J connectivity index is 3.36. The van der Waals surface area contributed by atoms with Crippen LogP contribution >= 0.6 is 11.8 Å². The number of ether oxygens (including phenoxy) is 1. The van der Waals surface area contributed by atoms with Crippen LogP contribution in [0.3, 0.4) is 0 Å². The Morgan fingerprint density at radius 2 is 2.21 bits per heavy atom. The zero-order chi connectivity index (χ0) is 10.8. The first-order chi connectivity index (χ1) is 6.72.